The van der Waals surface area contributed by atoms with E-state index in [9.17, 15) is 0 Å². The van der Waals surface area contributed by atoms with Crippen LogP contribution < -0.4 is 0 Å². The van der Waals surface area contributed by atoms with Crippen LogP contribution in [0.1, 0.15) is 37.8 Å². The van der Waals surface area contributed by atoms with Gasteiger partial charge < -0.3 is 0 Å². The predicted molar refractivity (Wildman–Crippen MR) is 107 cm³/mol. The van der Waals surface area contributed by atoms with Gasteiger partial charge in [0.05, 0.1) is 0 Å². The van der Waals surface area contributed by atoms with Gasteiger partial charge in [-0.25, -0.2) is 0 Å². The van der Waals surface area contributed by atoms with Crippen molar-refractivity contribution in [1.82, 2.24) is 0 Å². The van der Waals surface area contributed by atoms with E-state index >= 15 is 0 Å². The van der Waals surface area contributed by atoms with Crippen LogP contribution >= 0.6 is 11.3 Å². The summed E-state index contributed by atoms with van der Waals surface area (Å²) in [4.78, 5) is 2.83. The summed E-state index contributed by atoms with van der Waals surface area (Å²) in [6.07, 6.45) is 4.74. The second-order valence-electron chi connectivity index (χ2n) is 6.03. The van der Waals surface area contributed by atoms with E-state index in [1.54, 1.807) is 0 Å². The molecule has 0 atom stereocenters. The van der Waals surface area contributed by atoms with E-state index in [2.05, 4.69) is 79.9 Å². The van der Waals surface area contributed by atoms with Gasteiger partial charge in [-0.15, -0.1) is 0 Å². The Hall–Kier alpha value is -1.51. The van der Waals surface area contributed by atoms with Gasteiger partial charge in [0.1, 0.15) is 10.9 Å². The van der Waals surface area contributed by atoms with Crippen LogP contribution in [0.25, 0.3) is 0 Å². The zero-order valence-electron chi connectivity index (χ0n) is 14.5. The molecule has 0 unspecified atom stereocenters. The molecule has 0 amide bonds. The highest BCUT2D eigenvalue weighted by Crippen LogP contribution is 2.34. The second-order valence-corrected chi connectivity index (χ2v) is 9.23. The summed E-state index contributed by atoms with van der Waals surface area (Å²) in [6.45, 7) is 4.48. The highest BCUT2D eigenvalue weighted by atomic mass is 32.2. The topological polar surface area (TPSA) is 0 Å². The van der Waals surface area contributed by atoms with Crippen LogP contribution in [0.5, 0.6) is 0 Å². The molecule has 24 heavy (non-hydrogen) atoms. The lowest BCUT2D eigenvalue weighted by Gasteiger charge is -2.07. The summed E-state index contributed by atoms with van der Waals surface area (Å²) < 4.78 is 1.45. The van der Waals surface area contributed by atoms with E-state index in [-0.39, 0.29) is 10.9 Å². The molecule has 124 valence electrons. The fourth-order valence-corrected chi connectivity index (χ4v) is 6.26. The van der Waals surface area contributed by atoms with Gasteiger partial charge >= 0.3 is 0 Å². The van der Waals surface area contributed by atoms with Gasteiger partial charge in [-0.2, -0.15) is 0 Å². The van der Waals surface area contributed by atoms with Crippen molar-refractivity contribution in [2.24, 2.45) is 0 Å². The van der Waals surface area contributed by atoms with E-state index in [1.807, 2.05) is 11.3 Å². The molecule has 0 fully saturated rings. The van der Waals surface area contributed by atoms with E-state index in [4.69, 9.17) is 0 Å². The molecule has 0 aliphatic heterocycles. The molecule has 2 heteroatoms. The molecule has 1 aromatic heterocycles. The minimum Gasteiger partial charge on any atom is -0.0936 e. The standard InChI is InChI=1S/C22H25S2/c1-3-6-18-9-13-20(14-10-18)24(22-8-5-17-23-22)21-15-11-19(7-4-2)12-16-21/h5,8-17H,3-4,6-7H2,1-2H3/q+1. The van der Waals surface area contributed by atoms with Gasteiger partial charge in [-0.1, -0.05) is 62.3 Å². The quantitative estimate of drug-likeness (QED) is 0.412. The number of rotatable bonds is 7. The maximum atomic E-state index is 2.33. The van der Waals surface area contributed by atoms with Crippen molar-refractivity contribution in [3.05, 3.63) is 77.2 Å². The molecule has 3 rings (SSSR count). The highest BCUT2D eigenvalue weighted by molar-refractivity contribution is 7.98. The second kappa shape index (κ2) is 8.55. The average Bonchev–Trinajstić information content (AvgIpc) is 3.13. The monoisotopic (exact) mass is 353 g/mol. The van der Waals surface area contributed by atoms with Crippen LogP contribution in [0.15, 0.2) is 80.0 Å². The van der Waals surface area contributed by atoms with Gasteiger partial charge in [-0.3, -0.25) is 0 Å². The van der Waals surface area contributed by atoms with Crippen LogP contribution in [-0.4, -0.2) is 0 Å². The van der Waals surface area contributed by atoms with Gasteiger partial charge in [0.2, 0.25) is 4.21 Å². The van der Waals surface area contributed by atoms with E-state index < -0.39 is 0 Å². The minimum atomic E-state index is 0.0106. The Balaban J connectivity index is 1.94. The molecule has 0 aliphatic carbocycles. The molecule has 2 aromatic carbocycles. The Morgan fingerprint density at radius 2 is 1.21 bits per heavy atom. The molecular weight excluding hydrogens is 328 g/mol. The molecule has 0 nitrogen and oxygen atoms in total. The fourth-order valence-electron chi connectivity index (χ4n) is 2.91. The third-order valence-electron chi connectivity index (χ3n) is 4.09. The Kier molecular flexibility index (Phi) is 6.17. The van der Waals surface area contributed by atoms with Crippen LogP contribution in [-0.2, 0) is 23.7 Å². The van der Waals surface area contributed by atoms with Crippen molar-refractivity contribution in [2.75, 3.05) is 0 Å². The third-order valence-corrected chi connectivity index (χ3v) is 7.57. The predicted octanol–water partition coefficient (Wildman–Crippen LogP) is 6.75. The Morgan fingerprint density at radius 1 is 0.708 bits per heavy atom. The van der Waals surface area contributed by atoms with Crippen molar-refractivity contribution in [3.63, 3.8) is 0 Å². The third kappa shape index (κ3) is 4.12. The van der Waals surface area contributed by atoms with E-state index in [0.29, 0.717) is 0 Å². The maximum Gasteiger partial charge on any atom is 0.220 e. The lowest BCUT2D eigenvalue weighted by Crippen LogP contribution is -2.03. The number of hydrogen-bond donors (Lipinski definition) is 0. The van der Waals surface area contributed by atoms with Gasteiger partial charge in [0.15, 0.2) is 9.79 Å². The molecule has 0 bridgehead atoms. The number of thiophene rings is 1. The average molecular weight is 354 g/mol. The molecule has 0 saturated carbocycles. The first-order valence-corrected chi connectivity index (χ1v) is 10.9. The zero-order chi connectivity index (χ0) is 16.8. The van der Waals surface area contributed by atoms with Crippen molar-refractivity contribution in [1.29, 1.82) is 0 Å². The highest BCUT2D eigenvalue weighted by Gasteiger charge is 2.29. The lowest BCUT2D eigenvalue weighted by molar-refractivity contribution is 0.919. The summed E-state index contributed by atoms with van der Waals surface area (Å²) in [5.41, 5.74) is 2.88. The molecule has 0 aliphatic rings. The Morgan fingerprint density at radius 3 is 1.58 bits per heavy atom. The Bertz CT molecular complexity index is 675. The summed E-state index contributed by atoms with van der Waals surface area (Å²) in [5.74, 6) is 0. The molecule has 0 saturated heterocycles. The first-order chi connectivity index (χ1) is 11.8. The molecular formula is C22H25S2+. The van der Waals surface area contributed by atoms with Gasteiger partial charge in [0, 0.05) is 6.07 Å². The SMILES string of the molecule is CCCc1ccc([S+](c2ccc(CCC)cc2)c2cccs2)cc1. The maximum absolute atomic E-state index is 2.33. The zero-order valence-corrected chi connectivity index (χ0v) is 16.1. The molecule has 0 spiro atoms. The largest absolute Gasteiger partial charge is 0.220 e. The summed E-state index contributed by atoms with van der Waals surface area (Å²) >= 11 is 1.86. The Labute approximate surface area is 152 Å². The van der Waals surface area contributed by atoms with Crippen molar-refractivity contribution >= 4 is 22.2 Å². The molecule has 3 aromatic rings. The first kappa shape index (κ1) is 17.3. The van der Waals surface area contributed by atoms with Gasteiger partial charge in [-0.05, 0) is 59.7 Å². The van der Waals surface area contributed by atoms with Crippen LogP contribution in [0, 0.1) is 0 Å². The summed E-state index contributed by atoms with van der Waals surface area (Å²) in [6, 6.07) is 23.0. The van der Waals surface area contributed by atoms with Crippen molar-refractivity contribution in [3.8, 4) is 0 Å². The summed E-state index contributed by atoms with van der Waals surface area (Å²) in [5, 5.41) is 2.19. The molecule has 0 radical (unpaired) electrons. The number of hydrogen-bond acceptors (Lipinski definition) is 1. The molecule has 1 heterocycles. The van der Waals surface area contributed by atoms with Crippen LogP contribution in [0.2, 0.25) is 0 Å². The number of aryl methyl sites for hydroxylation is 2. The van der Waals surface area contributed by atoms with Crippen molar-refractivity contribution in [2.45, 2.75) is 53.5 Å². The fraction of sp³-hybridized carbons (Fsp3) is 0.273. The number of benzene rings is 2. The van der Waals surface area contributed by atoms with Crippen LogP contribution in [0.3, 0.4) is 0 Å². The van der Waals surface area contributed by atoms with E-state index in [0.717, 1.165) is 0 Å². The smallest absolute Gasteiger partial charge is 0.0936 e. The minimum absolute atomic E-state index is 0.0106. The first-order valence-electron chi connectivity index (χ1n) is 8.77. The molecule has 0 N–H and O–H groups in total. The van der Waals surface area contributed by atoms with Crippen molar-refractivity contribution < 1.29 is 0 Å². The van der Waals surface area contributed by atoms with Crippen LogP contribution in [0.4, 0.5) is 0 Å². The normalized spacial score (nSPS) is 11.1. The summed E-state index contributed by atoms with van der Waals surface area (Å²) in [7, 11) is 0.0106. The van der Waals surface area contributed by atoms with E-state index in [1.165, 1.54) is 50.8 Å². The van der Waals surface area contributed by atoms with Gasteiger partial charge in [0.25, 0.3) is 0 Å². The lowest BCUT2D eigenvalue weighted by atomic mass is 10.1.